The minimum atomic E-state index is -0.498. The summed E-state index contributed by atoms with van der Waals surface area (Å²) in [6.07, 6.45) is 6.03. The number of nitrogens with zero attached hydrogens (tertiary/aromatic N) is 1. The number of carbonyl (C=O) groups is 2. The number of carbonyl (C=O) groups excluding carboxylic acids is 2. The minimum absolute atomic E-state index is 0.00473. The second-order valence-corrected chi connectivity index (χ2v) is 8.97. The smallest absolute Gasteiger partial charge is 0.242 e. The van der Waals surface area contributed by atoms with Crippen LogP contribution < -0.4 is 14.8 Å². The summed E-state index contributed by atoms with van der Waals surface area (Å²) in [5.74, 6) is 1.42. The Morgan fingerprint density at radius 2 is 1.70 bits per heavy atom. The van der Waals surface area contributed by atoms with E-state index in [0.29, 0.717) is 32.6 Å². The van der Waals surface area contributed by atoms with Gasteiger partial charge < -0.3 is 19.7 Å². The monoisotopic (exact) mass is 450 g/mol. The zero-order valence-corrected chi connectivity index (χ0v) is 19.4. The van der Waals surface area contributed by atoms with Gasteiger partial charge in [0.25, 0.3) is 0 Å². The third kappa shape index (κ3) is 6.28. The first-order valence-electron chi connectivity index (χ1n) is 12.1. The molecule has 1 aliphatic heterocycles. The third-order valence-corrected chi connectivity index (χ3v) is 6.59. The summed E-state index contributed by atoms with van der Waals surface area (Å²) >= 11 is 0. The number of benzene rings is 2. The largest absolute Gasteiger partial charge is 0.486 e. The average Bonchev–Trinajstić information content (AvgIpc) is 3.36. The molecule has 4 rings (SSSR count). The lowest BCUT2D eigenvalue weighted by atomic mass is 10.1. The number of hydrogen-bond donors (Lipinski definition) is 1. The molecule has 2 amide bonds. The zero-order valence-electron chi connectivity index (χ0n) is 19.4. The molecule has 2 aromatic carbocycles. The zero-order chi connectivity index (χ0) is 23.0. The van der Waals surface area contributed by atoms with E-state index in [1.165, 1.54) is 0 Å². The molecule has 1 heterocycles. The van der Waals surface area contributed by atoms with Crippen molar-refractivity contribution in [2.75, 3.05) is 19.8 Å². The lowest BCUT2D eigenvalue weighted by Gasteiger charge is -2.30. The molecule has 6 nitrogen and oxygen atoms in total. The van der Waals surface area contributed by atoms with Gasteiger partial charge in [0.05, 0.1) is 0 Å². The molecule has 0 spiro atoms. The van der Waals surface area contributed by atoms with Gasteiger partial charge in [-0.3, -0.25) is 9.59 Å². The maximum absolute atomic E-state index is 13.3. The van der Waals surface area contributed by atoms with E-state index in [2.05, 4.69) is 17.4 Å². The molecule has 6 heteroatoms. The highest BCUT2D eigenvalue weighted by Gasteiger charge is 2.28. The van der Waals surface area contributed by atoms with E-state index in [1.807, 2.05) is 43.3 Å². The number of nitrogens with one attached hydrogen (secondary N) is 1. The molecule has 1 fully saturated rings. The Labute approximate surface area is 196 Å². The van der Waals surface area contributed by atoms with Gasteiger partial charge >= 0.3 is 0 Å². The van der Waals surface area contributed by atoms with Crippen LogP contribution in [0.2, 0.25) is 0 Å². The predicted octanol–water partition coefficient (Wildman–Crippen LogP) is 3.91. The van der Waals surface area contributed by atoms with Crippen LogP contribution in [0.4, 0.5) is 0 Å². The summed E-state index contributed by atoms with van der Waals surface area (Å²) in [4.78, 5) is 28.0. The van der Waals surface area contributed by atoms with Crippen molar-refractivity contribution in [3.8, 4) is 11.5 Å². The van der Waals surface area contributed by atoms with Crippen molar-refractivity contribution >= 4 is 11.8 Å². The quantitative estimate of drug-likeness (QED) is 0.629. The van der Waals surface area contributed by atoms with Crippen LogP contribution in [0.1, 0.15) is 50.2 Å². The predicted molar refractivity (Wildman–Crippen MR) is 127 cm³/mol. The molecule has 1 saturated carbocycles. The standard InChI is InChI=1S/C27H34N2O4/c1-20(27(31)28-23-9-5-6-10-23)29(16-15-21-7-3-2-4-8-21)26(30)14-12-22-11-13-24-25(19-22)33-18-17-32-24/h2-4,7-8,11,13,19-20,23H,5-6,9-10,12,14-18H2,1H3,(H,28,31)/t20-/m0/s1. The first kappa shape index (κ1) is 23.1. The van der Waals surface area contributed by atoms with Gasteiger partial charge in [-0.15, -0.1) is 0 Å². The van der Waals surface area contributed by atoms with Crippen molar-refractivity contribution in [1.29, 1.82) is 0 Å². The van der Waals surface area contributed by atoms with Gasteiger partial charge in [-0.2, -0.15) is 0 Å². The fourth-order valence-electron chi connectivity index (χ4n) is 4.60. The van der Waals surface area contributed by atoms with Crippen molar-refractivity contribution < 1.29 is 19.1 Å². The number of hydrogen-bond acceptors (Lipinski definition) is 4. The van der Waals surface area contributed by atoms with Crippen LogP contribution in [0.15, 0.2) is 48.5 Å². The molecule has 0 bridgehead atoms. The molecule has 1 aliphatic carbocycles. The van der Waals surface area contributed by atoms with Crippen molar-refractivity contribution in [3.05, 3.63) is 59.7 Å². The lowest BCUT2D eigenvalue weighted by molar-refractivity contribution is -0.140. The fraction of sp³-hybridized carbons (Fsp3) is 0.481. The van der Waals surface area contributed by atoms with Crippen LogP contribution in [0.25, 0.3) is 0 Å². The summed E-state index contributed by atoms with van der Waals surface area (Å²) in [5, 5.41) is 3.16. The Morgan fingerprint density at radius 1 is 0.970 bits per heavy atom. The van der Waals surface area contributed by atoms with Crippen LogP contribution in [0.5, 0.6) is 11.5 Å². The summed E-state index contributed by atoms with van der Waals surface area (Å²) in [6, 6.07) is 15.7. The van der Waals surface area contributed by atoms with E-state index >= 15 is 0 Å². The minimum Gasteiger partial charge on any atom is -0.486 e. The normalized spacial score (nSPS) is 16.3. The van der Waals surface area contributed by atoms with Crippen LogP contribution in [-0.2, 0) is 22.4 Å². The van der Waals surface area contributed by atoms with Crippen molar-refractivity contribution in [1.82, 2.24) is 10.2 Å². The number of amides is 2. The van der Waals surface area contributed by atoms with Crippen LogP contribution >= 0.6 is 0 Å². The van der Waals surface area contributed by atoms with Crippen molar-refractivity contribution in [2.24, 2.45) is 0 Å². The van der Waals surface area contributed by atoms with Crippen molar-refractivity contribution in [2.45, 2.75) is 64.0 Å². The number of fused-ring (bicyclic) bond motifs is 1. The van der Waals surface area contributed by atoms with Gasteiger partial charge in [0, 0.05) is 19.0 Å². The Morgan fingerprint density at radius 3 is 2.45 bits per heavy atom. The first-order chi connectivity index (χ1) is 16.1. The average molecular weight is 451 g/mol. The molecular weight excluding hydrogens is 416 g/mol. The lowest BCUT2D eigenvalue weighted by Crippen LogP contribution is -2.50. The van der Waals surface area contributed by atoms with Crippen LogP contribution in [0, 0.1) is 0 Å². The molecule has 0 aromatic heterocycles. The molecular formula is C27H34N2O4. The van der Waals surface area contributed by atoms with Gasteiger partial charge in [0.1, 0.15) is 19.3 Å². The Kier molecular flexibility index (Phi) is 7.87. The van der Waals surface area contributed by atoms with Gasteiger partial charge in [0.15, 0.2) is 11.5 Å². The van der Waals surface area contributed by atoms with Crippen molar-refractivity contribution in [3.63, 3.8) is 0 Å². The Bertz CT molecular complexity index is 940. The molecule has 0 radical (unpaired) electrons. The first-order valence-corrected chi connectivity index (χ1v) is 12.1. The topological polar surface area (TPSA) is 67.9 Å². The fourth-order valence-corrected chi connectivity index (χ4v) is 4.60. The van der Waals surface area contributed by atoms with E-state index in [9.17, 15) is 9.59 Å². The molecule has 33 heavy (non-hydrogen) atoms. The molecule has 2 aliphatic rings. The highest BCUT2D eigenvalue weighted by Crippen LogP contribution is 2.31. The highest BCUT2D eigenvalue weighted by atomic mass is 16.6. The number of rotatable bonds is 9. The number of ether oxygens (including phenoxy) is 2. The van der Waals surface area contributed by atoms with Gasteiger partial charge in [-0.25, -0.2) is 0 Å². The summed E-state index contributed by atoms with van der Waals surface area (Å²) in [7, 11) is 0. The van der Waals surface area contributed by atoms with Gasteiger partial charge in [0.2, 0.25) is 11.8 Å². The summed E-state index contributed by atoms with van der Waals surface area (Å²) in [5.41, 5.74) is 2.18. The number of aryl methyl sites for hydroxylation is 1. The van der Waals surface area contributed by atoms with Crippen LogP contribution in [-0.4, -0.2) is 48.6 Å². The molecule has 1 atom stereocenters. The van der Waals surface area contributed by atoms with E-state index in [4.69, 9.17) is 9.47 Å². The molecule has 2 aromatic rings. The van der Waals surface area contributed by atoms with E-state index in [-0.39, 0.29) is 17.9 Å². The van der Waals surface area contributed by atoms with Crippen LogP contribution in [0.3, 0.4) is 0 Å². The van der Waals surface area contributed by atoms with Gasteiger partial charge in [-0.1, -0.05) is 49.2 Å². The summed E-state index contributed by atoms with van der Waals surface area (Å²) < 4.78 is 11.2. The molecule has 176 valence electrons. The van der Waals surface area contributed by atoms with E-state index in [1.54, 1.807) is 4.90 Å². The maximum atomic E-state index is 13.3. The third-order valence-electron chi connectivity index (χ3n) is 6.59. The molecule has 1 N–H and O–H groups in total. The Balaban J connectivity index is 1.40. The van der Waals surface area contributed by atoms with E-state index < -0.39 is 6.04 Å². The van der Waals surface area contributed by atoms with Gasteiger partial charge in [-0.05, 0) is 55.9 Å². The summed E-state index contributed by atoms with van der Waals surface area (Å²) in [6.45, 7) is 3.46. The SMILES string of the molecule is C[C@@H](C(=O)NC1CCCC1)N(CCc1ccccc1)C(=O)CCc1ccc2c(c1)OCCO2. The second kappa shape index (κ2) is 11.2. The van der Waals surface area contributed by atoms with E-state index in [0.717, 1.165) is 54.7 Å². The second-order valence-electron chi connectivity index (χ2n) is 8.97. The molecule has 0 saturated heterocycles. The molecule has 0 unspecified atom stereocenters. The highest BCUT2D eigenvalue weighted by molar-refractivity contribution is 5.87. The Hall–Kier alpha value is -3.02. The maximum Gasteiger partial charge on any atom is 0.242 e.